The monoisotopic (exact) mass is 450 g/mol. The fraction of sp³-hybridized carbons (Fsp3) is 0.217. The molecule has 0 saturated carbocycles. The van der Waals surface area contributed by atoms with Gasteiger partial charge in [-0.25, -0.2) is 9.80 Å². The average molecular weight is 450 g/mol. The number of benzene rings is 2. The van der Waals surface area contributed by atoms with Gasteiger partial charge in [-0.1, -0.05) is 36.4 Å². The summed E-state index contributed by atoms with van der Waals surface area (Å²) in [4.78, 5) is 39.5. The van der Waals surface area contributed by atoms with E-state index in [0.29, 0.717) is 5.56 Å². The Kier molecular flexibility index (Phi) is 5.74. The van der Waals surface area contributed by atoms with Gasteiger partial charge in [0.2, 0.25) is 11.8 Å². The number of aromatic amines is 1. The van der Waals surface area contributed by atoms with Crippen molar-refractivity contribution in [2.75, 3.05) is 7.11 Å². The molecular formula is C23H22N4O6. The number of methoxy groups -OCH3 is 1. The van der Waals surface area contributed by atoms with Crippen molar-refractivity contribution in [1.29, 1.82) is 0 Å². The number of phenols is 1. The smallest absolute Gasteiger partial charge is 0.331 e. The molecule has 1 aliphatic rings. The SMILES string of the molecule is COc1ccc([C@H]2CC(c3c(O)n(Cc4ccccc4)c(=O)[nH]c3=O)=NN2C(C)=O)cc1O. The minimum atomic E-state index is -0.803. The van der Waals surface area contributed by atoms with Crippen LogP contribution in [0.5, 0.6) is 17.4 Å². The van der Waals surface area contributed by atoms with Gasteiger partial charge < -0.3 is 14.9 Å². The van der Waals surface area contributed by atoms with Crippen molar-refractivity contribution in [3.8, 4) is 17.4 Å². The molecule has 1 amide bonds. The predicted octanol–water partition coefficient (Wildman–Crippen LogP) is 1.70. The highest BCUT2D eigenvalue weighted by Crippen LogP contribution is 2.37. The fourth-order valence-corrected chi connectivity index (χ4v) is 3.86. The summed E-state index contributed by atoms with van der Waals surface area (Å²) in [7, 11) is 1.42. The summed E-state index contributed by atoms with van der Waals surface area (Å²) in [5, 5.41) is 26.5. The van der Waals surface area contributed by atoms with Crippen LogP contribution in [0.3, 0.4) is 0 Å². The van der Waals surface area contributed by atoms with Crippen LogP contribution >= 0.6 is 0 Å². The minimum absolute atomic E-state index is 0.0365. The first kappa shape index (κ1) is 21.9. The third-order valence-electron chi connectivity index (χ3n) is 5.46. The van der Waals surface area contributed by atoms with Crippen LogP contribution in [-0.2, 0) is 11.3 Å². The van der Waals surface area contributed by atoms with Crippen molar-refractivity contribution in [1.82, 2.24) is 14.6 Å². The Labute approximate surface area is 188 Å². The molecule has 0 saturated heterocycles. The number of carbonyl (C=O) groups is 1. The Hall–Kier alpha value is -4.34. The molecule has 4 rings (SSSR count). The van der Waals surface area contributed by atoms with Gasteiger partial charge in [-0.15, -0.1) is 0 Å². The van der Waals surface area contributed by atoms with Crippen LogP contribution in [0.15, 0.2) is 63.2 Å². The first-order valence-corrected chi connectivity index (χ1v) is 10.1. The Morgan fingerprint density at radius 3 is 2.55 bits per heavy atom. The van der Waals surface area contributed by atoms with Crippen LogP contribution in [0.2, 0.25) is 0 Å². The summed E-state index contributed by atoms with van der Waals surface area (Å²) in [5.74, 6) is -0.759. The van der Waals surface area contributed by atoms with Crippen molar-refractivity contribution in [3.05, 3.63) is 86.1 Å². The van der Waals surface area contributed by atoms with Crippen LogP contribution in [0.1, 0.15) is 36.1 Å². The van der Waals surface area contributed by atoms with E-state index >= 15 is 0 Å². The van der Waals surface area contributed by atoms with E-state index in [-0.39, 0.29) is 41.6 Å². The lowest BCUT2D eigenvalue weighted by Gasteiger charge is -2.21. The molecule has 1 aliphatic heterocycles. The van der Waals surface area contributed by atoms with Crippen LogP contribution < -0.4 is 16.0 Å². The summed E-state index contributed by atoms with van der Waals surface area (Å²) in [6.07, 6.45) is 0.0888. The fourth-order valence-electron chi connectivity index (χ4n) is 3.86. The van der Waals surface area contributed by atoms with Gasteiger partial charge in [0.05, 0.1) is 25.4 Å². The van der Waals surface area contributed by atoms with Gasteiger partial charge in [-0.2, -0.15) is 5.10 Å². The number of hydrazone groups is 1. The van der Waals surface area contributed by atoms with Crippen molar-refractivity contribution in [3.63, 3.8) is 0 Å². The number of nitrogens with one attached hydrogen (secondary N) is 1. The van der Waals surface area contributed by atoms with E-state index in [4.69, 9.17) is 4.74 Å². The minimum Gasteiger partial charge on any atom is -0.504 e. The van der Waals surface area contributed by atoms with Gasteiger partial charge in [0, 0.05) is 13.3 Å². The number of aromatic hydroxyl groups is 2. The van der Waals surface area contributed by atoms with Crippen LogP contribution in [0, 0.1) is 0 Å². The molecule has 170 valence electrons. The molecule has 0 radical (unpaired) electrons. The predicted molar refractivity (Wildman–Crippen MR) is 120 cm³/mol. The molecule has 1 atom stereocenters. The Bertz CT molecular complexity index is 1360. The molecule has 1 aromatic heterocycles. The first-order chi connectivity index (χ1) is 15.8. The Morgan fingerprint density at radius 2 is 1.91 bits per heavy atom. The van der Waals surface area contributed by atoms with E-state index in [0.717, 1.165) is 10.1 Å². The second kappa shape index (κ2) is 8.65. The van der Waals surface area contributed by atoms with Crippen LogP contribution in [-0.4, -0.2) is 43.5 Å². The molecule has 33 heavy (non-hydrogen) atoms. The zero-order valence-corrected chi connectivity index (χ0v) is 18.0. The third kappa shape index (κ3) is 4.10. The number of nitrogens with zero attached hydrogens (tertiary/aromatic N) is 3. The molecule has 0 bridgehead atoms. The van der Waals surface area contributed by atoms with Crippen LogP contribution in [0.25, 0.3) is 0 Å². The summed E-state index contributed by atoms with van der Waals surface area (Å²) < 4.78 is 6.10. The van der Waals surface area contributed by atoms with E-state index in [9.17, 15) is 24.6 Å². The highest BCUT2D eigenvalue weighted by Gasteiger charge is 2.34. The maximum atomic E-state index is 12.6. The van der Waals surface area contributed by atoms with Gasteiger partial charge in [0.1, 0.15) is 5.56 Å². The zero-order chi connectivity index (χ0) is 23.7. The summed E-state index contributed by atoms with van der Waals surface area (Å²) in [6.45, 7) is 1.36. The maximum absolute atomic E-state index is 12.6. The van der Waals surface area contributed by atoms with E-state index in [1.54, 1.807) is 36.4 Å². The van der Waals surface area contributed by atoms with Gasteiger partial charge >= 0.3 is 5.69 Å². The highest BCUT2D eigenvalue weighted by molar-refractivity contribution is 6.04. The summed E-state index contributed by atoms with van der Waals surface area (Å²) in [6, 6.07) is 13.1. The molecule has 2 heterocycles. The van der Waals surface area contributed by atoms with Gasteiger partial charge in [0.25, 0.3) is 5.56 Å². The molecule has 3 aromatic rings. The average Bonchev–Trinajstić information content (AvgIpc) is 3.22. The normalized spacial score (nSPS) is 15.4. The number of H-pyrrole nitrogens is 1. The zero-order valence-electron chi connectivity index (χ0n) is 18.0. The summed E-state index contributed by atoms with van der Waals surface area (Å²) >= 11 is 0. The van der Waals surface area contributed by atoms with Crippen molar-refractivity contribution < 1.29 is 19.7 Å². The lowest BCUT2D eigenvalue weighted by Crippen LogP contribution is -2.34. The van der Waals surface area contributed by atoms with E-state index in [2.05, 4.69) is 10.1 Å². The number of amides is 1. The van der Waals surface area contributed by atoms with E-state index < -0.39 is 23.2 Å². The van der Waals surface area contributed by atoms with Crippen LogP contribution in [0.4, 0.5) is 0 Å². The lowest BCUT2D eigenvalue weighted by atomic mass is 9.98. The molecule has 0 aliphatic carbocycles. The quantitative estimate of drug-likeness (QED) is 0.541. The van der Waals surface area contributed by atoms with Crippen molar-refractivity contribution in [2.24, 2.45) is 5.10 Å². The second-order valence-corrected chi connectivity index (χ2v) is 7.59. The molecule has 2 aromatic carbocycles. The van der Waals surface area contributed by atoms with Gasteiger partial charge in [0.15, 0.2) is 11.5 Å². The highest BCUT2D eigenvalue weighted by atomic mass is 16.5. The number of carbonyl (C=O) groups excluding carboxylic acids is 1. The van der Waals surface area contributed by atoms with Gasteiger partial charge in [-0.3, -0.25) is 19.1 Å². The van der Waals surface area contributed by atoms with Crippen molar-refractivity contribution >= 4 is 11.6 Å². The molecular weight excluding hydrogens is 428 g/mol. The molecule has 10 heteroatoms. The number of rotatable bonds is 5. The lowest BCUT2D eigenvalue weighted by molar-refractivity contribution is -0.130. The number of hydrogen-bond acceptors (Lipinski definition) is 7. The molecule has 0 unspecified atom stereocenters. The Balaban J connectivity index is 1.76. The van der Waals surface area contributed by atoms with E-state index in [1.807, 2.05) is 6.07 Å². The molecule has 0 fully saturated rings. The number of hydrogen-bond donors (Lipinski definition) is 3. The molecule has 0 spiro atoms. The second-order valence-electron chi connectivity index (χ2n) is 7.59. The standard InChI is InChI=1S/C23H22N4O6/c1-13(28)27-17(15-8-9-19(33-2)18(29)10-15)11-16(25-27)20-21(30)24-23(32)26(22(20)31)12-14-6-4-3-5-7-14/h3-10,17,29,31H,11-12H2,1-2H3,(H,24,30,32)/t17-/m1/s1. The van der Waals surface area contributed by atoms with E-state index in [1.165, 1.54) is 25.1 Å². The summed E-state index contributed by atoms with van der Waals surface area (Å²) in [5.41, 5.74) is -0.289. The Morgan fingerprint density at radius 1 is 1.18 bits per heavy atom. The number of phenolic OH excluding ortho intramolecular Hbond substituents is 1. The molecule has 10 nitrogen and oxygen atoms in total. The molecule has 3 N–H and O–H groups in total. The maximum Gasteiger partial charge on any atom is 0.331 e. The first-order valence-electron chi connectivity index (χ1n) is 10.1. The largest absolute Gasteiger partial charge is 0.504 e. The van der Waals surface area contributed by atoms with Gasteiger partial charge in [-0.05, 0) is 23.3 Å². The number of ether oxygens (including phenoxy) is 1. The number of aromatic nitrogens is 2. The third-order valence-corrected chi connectivity index (χ3v) is 5.46. The topological polar surface area (TPSA) is 137 Å². The van der Waals surface area contributed by atoms with Crippen molar-refractivity contribution in [2.45, 2.75) is 25.9 Å².